The molecule has 2 aliphatic carbocycles. The molecule has 5 rings (SSSR count). The Hall–Kier alpha value is -3.17. The summed E-state index contributed by atoms with van der Waals surface area (Å²) in [6.07, 6.45) is 6.05. The molecule has 2 fully saturated rings. The minimum absolute atomic E-state index is 0.0987. The fraction of sp³-hybridized carbons (Fsp3) is 0.593. The number of rotatable bonds is 11. The Morgan fingerprint density at radius 1 is 1.05 bits per heavy atom. The lowest BCUT2D eigenvalue weighted by Gasteiger charge is -2.32. The van der Waals surface area contributed by atoms with Crippen molar-refractivity contribution in [3.8, 4) is 11.5 Å². The highest BCUT2D eigenvalue weighted by molar-refractivity contribution is 5.95. The highest BCUT2D eigenvalue weighted by atomic mass is 19.3. The van der Waals surface area contributed by atoms with E-state index in [1.165, 1.54) is 0 Å². The largest absolute Gasteiger partial charge is 0.339 e. The zero-order valence-electron chi connectivity index (χ0n) is 21.2. The van der Waals surface area contributed by atoms with Crippen LogP contribution in [0.1, 0.15) is 88.2 Å². The van der Waals surface area contributed by atoms with Crippen molar-refractivity contribution < 1.29 is 22.6 Å². The Labute approximate surface area is 214 Å². The van der Waals surface area contributed by atoms with Gasteiger partial charge in [-0.1, -0.05) is 29.7 Å². The highest BCUT2D eigenvalue weighted by Crippen LogP contribution is 2.39. The first kappa shape index (κ1) is 25.5. The zero-order chi connectivity index (χ0) is 25.8. The van der Waals surface area contributed by atoms with Crippen LogP contribution in [0.15, 0.2) is 33.3 Å². The lowest BCUT2D eigenvalue weighted by molar-refractivity contribution is -0.126. The number of amides is 1. The lowest BCUT2D eigenvalue weighted by atomic mass is 9.85. The number of unbranched alkanes of at least 4 members (excludes halogenated alkanes) is 2. The summed E-state index contributed by atoms with van der Waals surface area (Å²) in [7, 11) is 0. The summed E-state index contributed by atoms with van der Waals surface area (Å²) < 4.78 is 38.2. The van der Waals surface area contributed by atoms with Crippen LogP contribution in [0.5, 0.6) is 0 Å². The van der Waals surface area contributed by atoms with Crippen LogP contribution in [0.4, 0.5) is 14.5 Å². The molecule has 0 atom stereocenters. The third kappa shape index (κ3) is 6.40. The third-order valence-corrected chi connectivity index (χ3v) is 7.22. The summed E-state index contributed by atoms with van der Waals surface area (Å²) >= 11 is 0. The summed E-state index contributed by atoms with van der Waals surface area (Å²) in [6.45, 7) is 2.44. The number of alkyl halides is 2. The van der Waals surface area contributed by atoms with Crippen LogP contribution in [-0.4, -0.2) is 38.7 Å². The van der Waals surface area contributed by atoms with Crippen molar-refractivity contribution in [1.29, 1.82) is 0 Å². The number of halogens is 2. The maximum absolute atomic E-state index is 13.7. The Morgan fingerprint density at radius 3 is 2.59 bits per heavy atom. The van der Waals surface area contributed by atoms with Gasteiger partial charge in [0.2, 0.25) is 17.7 Å². The number of hydrogen-bond donors (Lipinski definition) is 0. The van der Waals surface area contributed by atoms with E-state index in [2.05, 4.69) is 20.3 Å². The first-order valence-electron chi connectivity index (χ1n) is 13.4. The van der Waals surface area contributed by atoms with Gasteiger partial charge in [0.15, 0.2) is 11.6 Å². The van der Waals surface area contributed by atoms with Gasteiger partial charge in [0.25, 0.3) is 5.89 Å². The van der Waals surface area contributed by atoms with E-state index in [1.54, 1.807) is 4.90 Å². The quantitative estimate of drug-likeness (QED) is 0.284. The normalized spacial score (nSPS) is 17.7. The molecule has 10 heteroatoms. The van der Waals surface area contributed by atoms with Gasteiger partial charge in [-0.3, -0.25) is 4.79 Å². The molecule has 2 aromatic heterocycles. The van der Waals surface area contributed by atoms with Crippen molar-refractivity contribution in [2.75, 3.05) is 11.4 Å². The average Bonchev–Trinajstić information content (AvgIpc) is 3.44. The van der Waals surface area contributed by atoms with Crippen LogP contribution in [0.2, 0.25) is 0 Å². The molecular formula is C27H33F2N5O3. The molecule has 8 nitrogen and oxygen atoms in total. The number of carbonyl (C=O) groups excluding carboxylic acids is 1. The molecule has 0 saturated heterocycles. The second kappa shape index (κ2) is 11.1. The Kier molecular flexibility index (Phi) is 7.62. The van der Waals surface area contributed by atoms with Gasteiger partial charge in [-0.15, -0.1) is 0 Å². The molecule has 3 aromatic rings. The molecule has 2 heterocycles. The van der Waals surface area contributed by atoms with E-state index in [9.17, 15) is 13.6 Å². The predicted molar refractivity (Wildman–Crippen MR) is 132 cm³/mol. The van der Waals surface area contributed by atoms with Crippen LogP contribution in [0, 0.1) is 5.92 Å². The van der Waals surface area contributed by atoms with Gasteiger partial charge in [-0.25, -0.2) is 8.78 Å². The SMILES string of the molecule is CCc1noc(-c2cccc(N(CCCCCc3nc(C4CC4)no3)C(=O)C3CCC(F)(F)CC3)c2)n1. The summed E-state index contributed by atoms with van der Waals surface area (Å²) in [5.74, 6) is -0.224. The number of aromatic nitrogens is 4. The summed E-state index contributed by atoms with van der Waals surface area (Å²) in [6, 6.07) is 7.44. The molecule has 0 radical (unpaired) electrons. The highest BCUT2D eigenvalue weighted by Gasteiger charge is 2.39. The second-order valence-corrected chi connectivity index (χ2v) is 10.2. The average molecular weight is 514 g/mol. The van der Waals surface area contributed by atoms with Crippen LogP contribution in [0.3, 0.4) is 0 Å². The van der Waals surface area contributed by atoms with Crippen LogP contribution in [-0.2, 0) is 17.6 Å². The van der Waals surface area contributed by atoms with Gasteiger partial charge >= 0.3 is 0 Å². The van der Waals surface area contributed by atoms with Crippen molar-refractivity contribution in [3.05, 3.63) is 41.8 Å². The number of benzene rings is 1. The van der Waals surface area contributed by atoms with E-state index in [0.29, 0.717) is 48.6 Å². The summed E-state index contributed by atoms with van der Waals surface area (Å²) in [4.78, 5) is 24.2. The zero-order valence-corrected chi connectivity index (χ0v) is 21.2. The van der Waals surface area contributed by atoms with E-state index in [4.69, 9.17) is 9.05 Å². The molecule has 0 unspecified atom stereocenters. The second-order valence-electron chi connectivity index (χ2n) is 10.2. The maximum atomic E-state index is 13.7. The van der Waals surface area contributed by atoms with Crippen molar-refractivity contribution >= 4 is 11.6 Å². The Morgan fingerprint density at radius 2 is 1.86 bits per heavy atom. The first-order chi connectivity index (χ1) is 17.9. The number of nitrogens with zero attached hydrogens (tertiary/aromatic N) is 5. The van der Waals surface area contributed by atoms with Gasteiger partial charge < -0.3 is 13.9 Å². The van der Waals surface area contributed by atoms with Crippen molar-refractivity contribution in [1.82, 2.24) is 20.3 Å². The van der Waals surface area contributed by atoms with Gasteiger partial charge in [-0.2, -0.15) is 9.97 Å². The molecule has 0 bridgehead atoms. The van der Waals surface area contributed by atoms with E-state index in [-0.39, 0.29) is 31.6 Å². The maximum Gasteiger partial charge on any atom is 0.257 e. The van der Waals surface area contributed by atoms with E-state index < -0.39 is 11.8 Å². The molecule has 198 valence electrons. The fourth-order valence-corrected chi connectivity index (χ4v) is 4.80. The van der Waals surface area contributed by atoms with E-state index in [0.717, 1.165) is 43.5 Å². The fourth-order valence-electron chi connectivity index (χ4n) is 4.80. The number of hydrogen-bond acceptors (Lipinski definition) is 7. The van der Waals surface area contributed by atoms with Crippen molar-refractivity contribution in [3.63, 3.8) is 0 Å². The summed E-state index contributed by atoms with van der Waals surface area (Å²) in [5, 5.41) is 8.02. The smallest absolute Gasteiger partial charge is 0.257 e. The Bertz CT molecular complexity index is 1200. The number of anilines is 1. The lowest BCUT2D eigenvalue weighted by Crippen LogP contribution is -2.40. The molecular weight excluding hydrogens is 480 g/mol. The van der Waals surface area contributed by atoms with Crippen LogP contribution < -0.4 is 4.90 Å². The van der Waals surface area contributed by atoms with Gasteiger partial charge in [0.05, 0.1) is 0 Å². The molecule has 1 aromatic carbocycles. The number of carbonyl (C=O) groups is 1. The van der Waals surface area contributed by atoms with Gasteiger partial charge in [0, 0.05) is 55.3 Å². The summed E-state index contributed by atoms with van der Waals surface area (Å²) in [5.41, 5.74) is 1.43. The van der Waals surface area contributed by atoms with Gasteiger partial charge in [-0.05, 0) is 56.7 Å². The standard InChI is InChI=1S/C27H33F2N5O3/c1-2-22-30-25(37-32-22)20-7-6-8-21(17-20)34(26(35)19-12-14-27(28,29)15-13-19)16-5-3-4-9-23-31-24(33-36-23)18-10-11-18/h6-8,17-19H,2-5,9-16H2,1H3. The molecule has 2 saturated carbocycles. The van der Waals surface area contributed by atoms with Crippen molar-refractivity contribution in [2.45, 2.75) is 89.4 Å². The Balaban J connectivity index is 1.24. The predicted octanol–water partition coefficient (Wildman–Crippen LogP) is 6.13. The van der Waals surface area contributed by atoms with Crippen LogP contribution in [0.25, 0.3) is 11.5 Å². The van der Waals surface area contributed by atoms with E-state index >= 15 is 0 Å². The van der Waals surface area contributed by atoms with Crippen molar-refractivity contribution in [2.24, 2.45) is 5.92 Å². The molecule has 0 aliphatic heterocycles. The molecule has 0 spiro atoms. The third-order valence-electron chi connectivity index (χ3n) is 7.22. The molecule has 37 heavy (non-hydrogen) atoms. The topological polar surface area (TPSA) is 98.1 Å². The first-order valence-corrected chi connectivity index (χ1v) is 13.4. The minimum atomic E-state index is -2.68. The number of aryl methyl sites for hydroxylation is 2. The monoisotopic (exact) mass is 513 g/mol. The molecule has 1 amide bonds. The molecule has 0 N–H and O–H groups in total. The molecule has 2 aliphatic rings. The van der Waals surface area contributed by atoms with E-state index in [1.807, 2.05) is 31.2 Å². The van der Waals surface area contributed by atoms with Gasteiger partial charge in [0.1, 0.15) is 0 Å². The van der Waals surface area contributed by atoms with Crippen LogP contribution >= 0.6 is 0 Å². The minimum Gasteiger partial charge on any atom is -0.339 e.